The van der Waals surface area contributed by atoms with Crippen molar-refractivity contribution in [3.05, 3.63) is 8.84 Å². The Hall–Kier alpha value is 0.250. The highest BCUT2D eigenvalue weighted by Crippen LogP contribution is 2.29. The van der Waals surface area contributed by atoms with Gasteiger partial charge in [-0.1, -0.05) is 0 Å². The van der Waals surface area contributed by atoms with Gasteiger partial charge in [-0.3, -0.25) is 0 Å². The summed E-state index contributed by atoms with van der Waals surface area (Å²) in [7, 11) is 0. The standard InChI is InChI=1S/C6H7IN2OS/c7-6-8-5(11-9-6)4-2-1-3-10-4/h4H,1-3H2. The predicted octanol–water partition coefficient (Wildman–Crippen LogP) is 1.99. The molecule has 1 aliphatic rings. The van der Waals surface area contributed by atoms with Gasteiger partial charge in [0.2, 0.25) is 3.83 Å². The zero-order valence-corrected chi connectivity index (χ0v) is 8.76. The molecule has 1 saturated heterocycles. The molecule has 0 N–H and O–H groups in total. The Morgan fingerprint density at radius 3 is 3.09 bits per heavy atom. The number of aromatic nitrogens is 2. The van der Waals surface area contributed by atoms with E-state index in [1.807, 2.05) is 0 Å². The van der Waals surface area contributed by atoms with Crippen LogP contribution in [0.2, 0.25) is 0 Å². The molecule has 0 bridgehead atoms. The van der Waals surface area contributed by atoms with Crippen LogP contribution in [-0.2, 0) is 4.74 Å². The summed E-state index contributed by atoms with van der Waals surface area (Å²) in [5.74, 6) is 0. The molecule has 5 heteroatoms. The molecule has 1 aliphatic heterocycles. The van der Waals surface area contributed by atoms with Crippen molar-refractivity contribution in [1.82, 2.24) is 9.36 Å². The van der Waals surface area contributed by atoms with Gasteiger partial charge in [0.25, 0.3) is 0 Å². The van der Waals surface area contributed by atoms with Crippen molar-refractivity contribution in [2.75, 3.05) is 6.61 Å². The maximum absolute atomic E-state index is 5.46. The molecule has 2 heterocycles. The van der Waals surface area contributed by atoms with E-state index in [0.717, 1.165) is 28.3 Å². The second-order valence-electron chi connectivity index (χ2n) is 2.40. The Bertz CT molecular complexity index is 246. The predicted molar refractivity (Wildman–Crippen MR) is 50.6 cm³/mol. The summed E-state index contributed by atoms with van der Waals surface area (Å²) in [6, 6.07) is 0. The Balaban J connectivity index is 2.15. The summed E-state index contributed by atoms with van der Waals surface area (Å²) in [6.45, 7) is 0.876. The van der Waals surface area contributed by atoms with Crippen molar-refractivity contribution < 1.29 is 4.74 Å². The van der Waals surface area contributed by atoms with Crippen LogP contribution in [0.4, 0.5) is 0 Å². The first kappa shape index (κ1) is 7.88. The molecule has 0 aromatic carbocycles. The number of hydrogen-bond donors (Lipinski definition) is 0. The Morgan fingerprint density at radius 1 is 1.64 bits per heavy atom. The molecule has 0 aliphatic carbocycles. The highest BCUT2D eigenvalue weighted by Gasteiger charge is 2.20. The number of ether oxygens (including phenoxy) is 1. The van der Waals surface area contributed by atoms with Crippen LogP contribution < -0.4 is 0 Å². The van der Waals surface area contributed by atoms with Crippen molar-refractivity contribution in [2.24, 2.45) is 0 Å². The van der Waals surface area contributed by atoms with Crippen LogP contribution in [0.25, 0.3) is 0 Å². The maximum Gasteiger partial charge on any atom is 0.203 e. The minimum absolute atomic E-state index is 0.232. The molecule has 60 valence electrons. The Labute approximate surface area is 82.5 Å². The van der Waals surface area contributed by atoms with E-state index in [0.29, 0.717) is 0 Å². The summed E-state index contributed by atoms with van der Waals surface area (Å²) < 4.78 is 10.4. The van der Waals surface area contributed by atoms with Crippen LogP contribution in [0, 0.1) is 3.83 Å². The van der Waals surface area contributed by atoms with E-state index in [1.165, 1.54) is 11.5 Å². The quantitative estimate of drug-likeness (QED) is 0.739. The van der Waals surface area contributed by atoms with E-state index in [4.69, 9.17) is 4.74 Å². The third kappa shape index (κ3) is 1.70. The van der Waals surface area contributed by atoms with Crippen molar-refractivity contribution in [2.45, 2.75) is 18.9 Å². The summed E-state index contributed by atoms with van der Waals surface area (Å²) in [6.07, 6.45) is 2.49. The molecule has 0 saturated carbocycles. The second-order valence-corrected chi connectivity index (χ2v) is 4.15. The van der Waals surface area contributed by atoms with Crippen LogP contribution >= 0.6 is 34.1 Å². The molecule has 2 rings (SSSR count). The molecular formula is C6H7IN2OS. The first-order valence-corrected chi connectivity index (χ1v) is 5.32. The summed E-state index contributed by atoms with van der Waals surface area (Å²) in [4.78, 5) is 4.26. The van der Waals surface area contributed by atoms with Crippen molar-refractivity contribution >= 4 is 34.1 Å². The van der Waals surface area contributed by atoms with Gasteiger partial charge in [0, 0.05) is 29.2 Å². The van der Waals surface area contributed by atoms with Gasteiger partial charge in [-0.2, -0.15) is 4.37 Å². The van der Waals surface area contributed by atoms with Gasteiger partial charge in [0.05, 0.1) is 0 Å². The first-order valence-electron chi connectivity index (χ1n) is 3.47. The maximum atomic E-state index is 5.46. The fraction of sp³-hybridized carbons (Fsp3) is 0.667. The lowest BCUT2D eigenvalue weighted by molar-refractivity contribution is 0.111. The van der Waals surface area contributed by atoms with Gasteiger partial charge in [-0.05, 0) is 24.4 Å². The lowest BCUT2D eigenvalue weighted by Gasteiger charge is -2.01. The van der Waals surface area contributed by atoms with Gasteiger partial charge >= 0.3 is 0 Å². The molecule has 0 spiro atoms. The monoisotopic (exact) mass is 282 g/mol. The lowest BCUT2D eigenvalue weighted by atomic mass is 10.2. The number of hydrogen-bond acceptors (Lipinski definition) is 4. The van der Waals surface area contributed by atoms with E-state index >= 15 is 0 Å². The van der Waals surface area contributed by atoms with Crippen molar-refractivity contribution in [3.8, 4) is 0 Å². The Morgan fingerprint density at radius 2 is 2.55 bits per heavy atom. The molecule has 0 amide bonds. The topological polar surface area (TPSA) is 35.0 Å². The van der Waals surface area contributed by atoms with Gasteiger partial charge in [0.15, 0.2) is 0 Å². The molecule has 1 atom stereocenters. The average molecular weight is 282 g/mol. The minimum atomic E-state index is 0.232. The third-order valence-electron chi connectivity index (χ3n) is 1.62. The Kier molecular flexibility index (Phi) is 2.38. The zero-order valence-electron chi connectivity index (χ0n) is 5.79. The molecule has 1 aromatic rings. The lowest BCUT2D eigenvalue weighted by Crippen LogP contribution is -1.94. The third-order valence-corrected chi connectivity index (χ3v) is 3.24. The van der Waals surface area contributed by atoms with Gasteiger partial charge < -0.3 is 4.74 Å². The summed E-state index contributed by atoms with van der Waals surface area (Å²) >= 11 is 3.57. The average Bonchev–Trinajstić information content (AvgIpc) is 2.55. The summed E-state index contributed by atoms with van der Waals surface area (Å²) in [5, 5.41) is 1.03. The van der Waals surface area contributed by atoms with Crippen molar-refractivity contribution in [3.63, 3.8) is 0 Å². The van der Waals surface area contributed by atoms with Crippen LogP contribution in [-0.4, -0.2) is 16.0 Å². The van der Waals surface area contributed by atoms with E-state index in [2.05, 4.69) is 31.9 Å². The highest BCUT2D eigenvalue weighted by atomic mass is 127. The van der Waals surface area contributed by atoms with Gasteiger partial charge in [0.1, 0.15) is 11.1 Å². The fourth-order valence-corrected chi connectivity index (χ4v) is 2.48. The normalized spacial score (nSPS) is 24.3. The number of halogens is 1. The SMILES string of the molecule is Ic1nsc(C2CCCO2)n1. The minimum Gasteiger partial charge on any atom is -0.371 e. The first-order chi connectivity index (χ1) is 5.36. The second kappa shape index (κ2) is 3.32. The molecular weight excluding hydrogens is 275 g/mol. The van der Waals surface area contributed by atoms with Crippen LogP contribution in [0.15, 0.2) is 0 Å². The van der Waals surface area contributed by atoms with E-state index < -0.39 is 0 Å². The molecule has 1 unspecified atom stereocenters. The van der Waals surface area contributed by atoms with Crippen molar-refractivity contribution in [1.29, 1.82) is 0 Å². The number of rotatable bonds is 1. The molecule has 3 nitrogen and oxygen atoms in total. The van der Waals surface area contributed by atoms with Gasteiger partial charge in [-0.25, -0.2) is 4.98 Å². The van der Waals surface area contributed by atoms with E-state index in [1.54, 1.807) is 0 Å². The van der Waals surface area contributed by atoms with E-state index in [-0.39, 0.29) is 6.10 Å². The molecule has 1 aromatic heterocycles. The summed E-state index contributed by atoms with van der Waals surface area (Å²) in [5.41, 5.74) is 0. The molecule has 1 fully saturated rings. The number of nitrogens with zero attached hydrogens (tertiary/aromatic N) is 2. The van der Waals surface area contributed by atoms with Gasteiger partial charge in [-0.15, -0.1) is 0 Å². The zero-order chi connectivity index (χ0) is 7.68. The van der Waals surface area contributed by atoms with Crippen LogP contribution in [0.1, 0.15) is 24.0 Å². The van der Waals surface area contributed by atoms with E-state index in [9.17, 15) is 0 Å². The molecule has 11 heavy (non-hydrogen) atoms. The smallest absolute Gasteiger partial charge is 0.203 e. The fourth-order valence-electron chi connectivity index (χ4n) is 1.12. The van der Waals surface area contributed by atoms with Crippen LogP contribution in [0.5, 0.6) is 0 Å². The molecule has 0 radical (unpaired) electrons. The van der Waals surface area contributed by atoms with Crippen LogP contribution in [0.3, 0.4) is 0 Å². The largest absolute Gasteiger partial charge is 0.371 e. The highest BCUT2D eigenvalue weighted by molar-refractivity contribution is 14.1.